The molecule has 2 N–H and O–H groups in total. The summed E-state index contributed by atoms with van der Waals surface area (Å²) in [5, 5.41) is 0. The molecule has 0 heterocycles. The van der Waals surface area contributed by atoms with Crippen molar-refractivity contribution >= 4 is 0 Å². The first-order chi connectivity index (χ1) is 9.29. The Morgan fingerprint density at radius 3 is 2.32 bits per heavy atom. The lowest BCUT2D eigenvalue weighted by molar-refractivity contribution is 0.306. The molecule has 0 saturated heterocycles. The number of benzene rings is 2. The number of ether oxygens (including phenoxy) is 1. The Balaban J connectivity index is 1.92. The van der Waals surface area contributed by atoms with Crippen molar-refractivity contribution in [3.63, 3.8) is 0 Å². The molecule has 2 aromatic carbocycles. The smallest absolute Gasteiger partial charge is 0.119 e. The van der Waals surface area contributed by atoms with E-state index in [9.17, 15) is 0 Å². The fraction of sp³-hybridized carbons (Fsp3) is 0.294. The van der Waals surface area contributed by atoms with Gasteiger partial charge in [0.05, 0.1) is 0 Å². The van der Waals surface area contributed by atoms with Crippen LogP contribution in [0.1, 0.15) is 36.9 Å². The third-order valence-corrected chi connectivity index (χ3v) is 3.16. The minimum Gasteiger partial charge on any atom is -0.489 e. The highest BCUT2D eigenvalue weighted by Gasteiger charge is 2.04. The van der Waals surface area contributed by atoms with Crippen LogP contribution < -0.4 is 10.5 Å². The van der Waals surface area contributed by atoms with E-state index in [1.165, 1.54) is 11.1 Å². The molecular weight excluding hydrogens is 234 g/mol. The second-order valence-corrected chi connectivity index (χ2v) is 4.74. The number of hydrogen-bond donors (Lipinski definition) is 1. The molecule has 0 saturated carbocycles. The lowest BCUT2D eigenvalue weighted by Gasteiger charge is -2.12. The van der Waals surface area contributed by atoms with Crippen molar-refractivity contribution in [3.05, 3.63) is 65.7 Å². The summed E-state index contributed by atoms with van der Waals surface area (Å²) >= 11 is 0. The molecule has 2 nitrogen and oxygen atoms in total. The van der Waals surface area contributed by atoms with Gasteiger partial charge >= 0.3 is 0 Å². The zero-order valence-corrected chi connectivity index (χ0v) is 11.4. The average molecular weight is 255 g/mol. The van der Waals surface area contributed by atoms with Crippen LogP contribution >= 0.6 is 0 Å². The van der Waals surface area contributed by atoms with Crippen molar-refractivity contribution in [2.24, 2.45) is 5.73 Å². The molecule has 1 atom stereocenters. The summed E-state index contributed by atoms with van der Waals surface area (Å²) in [5.41, 5.74) is 8.43. The summed E-state index contributed by atoms with van der Waals surface area (Å²) in [7, 11) is 0. The molecule has 100 valence electrons. The maximum Gasteiger partial charge on any atom is 0.119 e. The quantitative estimate of drug-likeness (QED) is 0.844. The van der Waals surface area contributed by atoms with E-state index in [0.29, 0.717) is 6.61 Å². The minimum atomic E-state index is 0.133. The van der Waals surface area contributed by atoms with Gasteiger partial charge in [0.2, 0.25) is 0 Å². The summed E-state index contributed by atoms with van der Waals surface area (Å²) in [6, 6.07) is 18.4. The van der Waals surface area contributed by atoms with Crippen LogP contribution in [-0.2, 0) is 6.61 Å². The van der Waals surface area contributed by atoms with Gasteiger partial charge in [-0.2, -0.15) is 0 Å². The standard InChI is InChI=1S/C17H21NO/c1-2-6-17(18)15-9-11-16(12-10-15)19-13-14-7-4-3-5-8-14/h3-5,7-12,17H,2,6,13,18H2,1H3/t17-/m1/s1. The van der Waals surface area contributed by atoms with Gasteiger partial charge in [0.25, 0.3) is 0 Å². The normalized spacial score (nSPS) is 12.1. The maximum absolute atomic E-state index is 6.08. The molecule has 0 aromatic heterocycles. The van der Waals surface area contributed by atoms with Crippen molar-refractivity contribution in [1.82, 2.24) is 0 Å². The molecule has 2 aromatic rings. The van der Waals surface area contributed by atoms with Crippen LogP contribution in [0.4, 0.5) is 0 Å². The monoisotopic (exact) mass is 255 g/mol. The Morgan fingerprint density at radius 1 is 1.00 bits per heavy atom. The van der Waals surface area contributed by atoms with Crippen LogP contribution in [0.2, 0.25) is 0 Å². The fourth-order valence-electron chi connectivity index (χ4n) is 2.03. The fourth-order valence-corrected chi connectivity index (χ4v) is 2.03. The Kier molecular flexibility index (Phi) is 4.99. The van der Waals surface area contributed by atoms with Crippen molar-refractivity contribution in [1.29, 1.82) is 0 Å². The predicted molar refractivity (Wildman–Crippen MR) is 79.1 cm³/mol. The third kappa shape index (κ3) is 4.11. The second-order valence-electron chi connectivity index (χ2n) is 4.74. The molecule has 0 unspecified atom stereocenters. The van der Waals surface area contributed by atoms with Gasteiger partial charge in [-0.15, -0.1) is 0 Å². The number of rotatable bonds is 6. The maximum atomic E-state index is 6.08. The molecule has 2 heteroatoms. The molecule has 0 aliphatic carbocycles. The largest absolute Gasteiger partial charge is 0.489 e. The summed E-state index contributed by atoms with van der Waals surface area (Å²) in [6.07, 6.45) is 2.12. The first-order valence-electron chi connectivity index (χ1n) is 6.82. The Morgan fingerprint density at radius 2 is 1.68 bits per heavy atom. The highest BCUT2D eigenvalue weighted by molar-refractivity contribution is 5.29. The zero-order chi connectivity index (χ0) is 13.5. The van der Waals surface area contributed by atoms with Gasteiger partial charge in [-0.1, -0.05) is 55.8 Å². The predicted octanol–water partition coefficient (Wildman–Crippen LogP) is 4.07. The van der Waals surface area contributed by atoms with E-state index in [0.717, 1.165) is 18.6 Å². The zero-order valence-electron chi connectivity index (χ0n) is 11.4. The van der Waals surface area contributed by atoms with Crippen LogP contribution in [0.25, 0.3) is 0 Å². The Bertz CT molecular complexity index is 478. The molecule has 0 aliphatic rings. The van der Waals surface area contributed by atoms with Crippen molar-refractivity contribution in [2.75, 3.05) is 0 Å². The summed E-state index contributed by atoms with van der Waals surface area (Å²) in [4.78, 5) is 0. The molecular formula is C17H21NO. The molecule has 0 spiro atoms. The van der Waals surface area contributed by atoms with Gasteiger partial charge in [0.15, 0.2) is 0 Å². The van der Waals surface area contributed by atoms with Crippen molar-refractivity contribution < 1.29 is 4.74 Å². The third-order valence-electron chi connectivity index (χ3n) is 3.16. The lowest BCUT2D eigenvalue weighted by atomic mass is 10.0. The summed E-state index contributed by atoms with van der Waals surface area (Å²) < 4.78 is 5.75. The van der Waals surface area contributed by atoms with E-state index >= 15 is 0 Å². The topological polar surface area (TPSA) is 35.2 Å². The first-order valence-corrected chi connectivity index (χ1v) is 6.82. The molecule has 19 heavy (non-hydrogen) atoms. The molecule has 0 fully saturated rings. The van der Waals surface area contributed by atoms with Gasteiger partial charge in [-0.05, 0) is 29.7 Å². The summed E-state index contributed by atoms with van der Waals surface area (Å²) in [5.74, 6) is 0.885. The van der Waals surface area contributed by atoms with E-state index in [1.54, 1.807) is 0 Å². The van der Waals surface area contributed by atoms with Crippen molar-refractivity contribution in [3.8, 4) is 5.75 Å². The van der Waals surface area contributed by atoms with E-state index in [1.807, 2.05) is 30.3 Å². The van der Waals surface area contributed by atoms with Gasteiger partial charge in [-0.3, -0.25) is 0 Å². The number of hydrogen-bond acceptors (Lipinski definition) is 2. The van der Waals surface area contributed by atoms with Crippen LogP contribution in [0, 0.1) is 0 Å². The van der Waals surface area contributed by atoms with Gasteiger partial charge < -0.3 is 10.5 Å². The van der Waals surface area contributed by atoms with Gasteiger partial charge in [0.1, 0.15) is 12.4 Å². The van der Waals surface area contributed by atoms with Crippen LogP contribution in [-0.4, -0.2) is 0 Å². The van der Waals surface area contributed by atoms with Gasteiger partial charge in [0, 0.05) is 6.04 Å². The Labute approximate surface area is 115 Å². The highest BCUT2D eigenvalue weighted by Crippen LogP contribution is 2.20. The average Bonchev–Trinajstić information content (AvgIpc) is 2.47. The van der Waals surface area contributed by atoms with Crippen LogP contribution in [0.3, 0.4) is 0 Å². The SMILES string of the molecule is CCC[C@@H](N)c1ccc(OCc2ccccc2)cc1. The van der Waals surface area contributed by atoms with Crippen LogP contribution in [0.15, 0.2) is 54.6 Å². The van der Waals surface area contributed by atoms with E-state index < -0.39 is 0 Å². The molecule has 0 aliphatic heterocycles. The number of nitrogens with two attached hydrogens (primary N) is 1. The van der Waals surface area contributed by atoms with Crippen LogP contribution in [0.5, 0.6) is 5.75 Å². The second kappa shape index (κ2) is 6.95. The van der Waals surface area contributed by atoms with E-state index in [2.05, 4.69) is 31.2 Å². The van der Waals surface area contributed by atoms with Gasteiger partial charge in [-0.25, -0.2) is 0 Å². The molecule has 0 bridgehead atoms. The van der Waals surface area contributed by atoms with E-state index in [-0.39, 0.29) is 6.04 Å². The molecule has 2 rings (SSSR count). The molecule has 0 radical (unpaired) electrons. The van der Waals surface area contributed by atoms with E-state index in [4.69, 9.17) is 10.5 Å². The Hall–Kier alpha value is -1.80. The summed E-state index contributed by atoms with van der Waals surface area (Å²) in [6.45, 7) is 2.75. The van der Waals surface area contributed by atoms with Crippen molar-refractivity contribution in [2.45, 2.75) is 32.4 Å². The highest BCUT2D eigenvalue weighted by atomic mass is 16.5. The first kappa shape index (κ1) is 13.6. The minimum absolute atomic E-state index is 0.133. The molecule has 0 amide bonds. The lowest BCUT2D eigenvalue weighted by Crippen LogP contribution is -2.09.